The van der Waals surface area contributed by atoms with Gasteiger partial charge in [0.15, 0.2) is 0 Å². The molecular weight excluding hydrogens is 192 g/mol. The third-order valence-electron chi connectivity index (χ3n) is 2.48. The van der Waals surface area contributed by atoms with Crippen molar-refractivity contribution in [3.8, 4) is 0 Å². The van der Waals surface area contributed by atoms with Gasteiger partial charge < -0.3 is 10.8 Å². The van der Waals surface area contributed by atoms with E-state index in [0.29, 0.717) is 0 Å². The molecule has 0 spiro atoms. The minimum Gasteiger partial charge on any atom is -0.480 e. The van der Waals surface area contributed by atoms with Crippen LogP contribution in [-0.4, -0.2) is 22.1 Å². The Morgan fingerprint density at radius 1 is 1.40 bits per heavy atom. The van der Waals surface area contributed by atoms with Crippen molar-refractivity contribution in [2.24, 2.45) is 11.7 Å². The number of nitrogens with two attached hydrogens (primary N) is 1. The van der Waals surface area contributed by atoms with Crippen LogP contribution in [0.15, 0.2) is 24.5 Å². The highest BCUT2D eigenvalue weighted by Crippen LogP contribution is 2.26. The van der Waals surface area contributed by atoms with E-state index in [1.807, 2.05) is 26.0 Å². The lowest BCUT2D eigenvalue weighted by Crippen LogP contribution is -2.38. The number of carboxylic acid groups (broad SMARTS) is 1. The van der Waals surface area contributed by atoms with Crippen LogP contribution < -0.4 is 5.73 Å². The molecule has 3 N–H and O–H groups in total. The summed E-state index contributed by atoms with van der Waals surface area (Å²) in [6, 6.07) is 2.76. The summed E-state index contributed by atoms with van der Waals surface area (Å²) < 4.78 is 0. The average Bonchev–Trinajstić information content (AvgIpc) is 2.18. The number of nitrogens with zero attached hydrogens (tertiary/aromatic N) is 1. The first-order valence-electron chi connectivity index (χ1n) is 4.92. The minimum absolute atomic E-state index is 0.175. The average molecular weight is 208 g/mol. The van der Waals surface area contributed by atoms with Crippen LogP contribution in [0.5, 0.6) is 0 Å². The van der Waals surface area contributed by atoms with E-state index in [-0.39, 0.29) is 11.8 Å². The Balaban J connectivity index is 2.99. The zero-order valence-electron chi connectivity index (χ0n) is 8.92. The maximum absolute atomic E-state index is 10.9. The van der Waals surface area contributed by atoms with Gasteiger partial charge in [-0.25, -0.2) is 0 Å². The summed E-state index contributed by atoms with van der Waals surface area (Å²) in [5.74, 6) is -0.963. The van der Waals surface area contributed by atoms with Crippen molar-refractivity contribution >= 4 is 5.97 Å². The predicted octanol–water partition coefficient (Wildman–Crippen LogP) is 1.23. The largest absolute Gasteiger partial charge is 0.480 e. The summed E-state index contributed by atoms with van der Waals surface area (Å²) in [6.07, 6.45) is 3.30. The van der Waals surface area contributed by atoms with Crippen LogP contribution >= 0.6 is 0 Å². The summed E-state index contributed by atoms with van der Waals surface area (Å²) in [5, 5.41) is 8.92. The second kappa shape index (κ2) is 4.89. The van der Waals surface area contributed by atoms with E-state index >= 15 is 0 Å². The van der Waals surface area contributed by atoms with E-state index in [2.05, 4.69) is 4.98 Å². The van der Waals surface area contributed by atoms with E-state index in [1.54, 1.807) is 12.4 Å². The van der Waals surface area contributed by atoms with Crippen molar-refractivity contribution in [1.29, 1.82) is 0 Å². The normalized spacial score (nSPS) is 14.9. The zero-order valence-corrected chi connectivity index (χ0v) is 8.92. The summed E-state index contributed by atoms with van der Waals surface area (Å²) >= 11 is 0. The summed E-state index contributed by atoms with van der Waals surface area (Å²) in [7, 11) is 0. The molecule has 0 radical (unpaired) electrons. The molecule has 0 saturated heterocycles. The fourth-order valence-corrected chi connectivity index (χ4v) is 1.75. The van der Waals surface area contributed by atoms with Crippen molar-refractivity contribution in [1.82, 2.24) is 4.98 Å². The van der Waals surface area contributed by atoms with Crippen molar-refractivity contribution < 1.29 is 9.90 Å². The molecule has 0 aliphatic rings. The van der Waals surface area contributed by atoms with Gasteiger partial charge in [-0.2, -0.15) is 0 Å². The van der Waals surface area contributed by atoms with E-state index < -0.39 is 12.0 Å². The van der Waals surface area contributed by atoms with Crippen LogP contribution in [0.25, 0.3) is 0 Å². The molecule has 0 fully saturated rings. The lowest BCUT2D eigenvalue weighted by Gasteiger charge is -2.24. The molecular formula is C11H16N2O2. The topological polar surface area (TPSA) is 76.2 Å². The van der Waals surface area contributed by atoms with Crippen LogP contribution in [0.3, 0.4) is 0 Å². The molecule has 0 saturated carbocycles. The number of aromatic nitrogens is 1. The van der Waals surface area contributed by atoms with E-state index in [1.165, 1.54) is 0 Å². The molecule has 1 aromatic rings. The molecule has 0 aromatic carbocycles. The summed E-state index contributed by atoms with van der Waals surface area (Å²) in [6.45, 7) is 3.93. The van der Waals surface area contributed by atoms with Crippen molar-refractivity contribution in [3.63, 3.8) is 0 Å². The van der Waals surface area contributed by atoms with Gasteiger partial charge in [-0.15, -0.1) is 0 Å². The number of pyridine rings is 1. The van der Waals surface area contributed by atoms with Gasteiger partial charge in [0.25, 0.3) is 0 Å². The maximum Gasteiger partial charge on any atom is 0.321 e. The van der Waals surface area contributed by atoms with Crippen LogP contribution in [0.2, 0.25) is 0 Å². The SMILES string of the molecule is CC(C)C(c1ccncc1)C(N)C(=O)O. The van der Waals surface area contributed by atoms with Crippen LogP contribution in [0.4, 0.5) is 0 Å². The Morgan fingerprint density at radius 3 is 2.33 bits per heavy atom. The Morgan fingerprint density at radius 2 is 1.93 bits per heavy atom. The number of rotatable bonds is 4. The number of carboxylic acids is 1. The molecule has 1 rings (SSSR count). The van der Waals surface area contributed by atoms with Crippen molar-refractivity contribution in [2.75, 3.05) is 0 Å². The molecule has 82 valence electrons. The highest BCUT2D eigenvalue weighted by molar-refractivity contribution is 5.74. The second-order valence-electron chi connectivity index (χ2n) is 3.91. The lowest BCUT2D eigenvalue weighted by atomic mass is 9.83. The predicted molar refractivity (Wildman–Crippen MR) is 57.4 cm³/mol. The Kier molecular flexibility index (Phi) is 3.80. The van der Waals surface area contributed by atoms with Gasteiger partial charge in [-0.05, 0) is 23.6 Å². The van der Waals surface area contributed by atoms with Crippen molar-refractivity contribution in [2.45, 2.75) is 25.8 Å². The van der Waals surface area contributed by atoms with Gasteiger partial charge >= 0.3 is 5.97 Å². The highest BCUT2D eigenvalue weighted by Gasteiger charge is 2.28. The highest BCUT2D eigenvalue weighted by atomic mass is 16.4. The van der Waals surface area contributed by atoms with Gasteiger partial charge in [0, 0.05) is 18.3 Å². The molecule has 4 heteroatoms. The monoisotopic (exact) mass is 208 g/mol. The number of hydrogen-bond acceptors (Lipinski definition) is 3. The van der Waals surface area contributed by atoms with E-state index in [9.17, 15) is 4.79 Å². The van der Waals surface area contributed by atoms with Gasteiger partial charge in [-0.1, -0.05) is 13.8 Å². The molecule has 0 bridgehead atoms. The van der Waals surface area contributed by atoms with Gasteiger partial charge in [-0.3, -0.25) is 9.78 Å². The number of carbonyl (C=O) groups is 1. The fraction of sp³-hybridized carbons (Fsp3) is 0.455. The molecule has 2 unspecified atom stereocenters. The molecule has 0 aliphatic heterocycles. The molecule has 1 aromatic heterocycles. The first kappa shape index (κ1) is 11.7. The fourth-order valence-electron chi connectivity index (χ4n) is 1.75. The van der Waals surface area contributed by atoms with Crippen LogP contribution in [0, 0.1) is 5.92 Å². The second-order valence-corrected chi connectivity index (χ2v) is 3.91. The quantitative estimate of drug-likeness (QED) is 0.780. The first-order valence-corrected chi connectivity index (χ1v) is 4.92. The van der Waals surface area contributed by atoms with Gasteiger partial charge in [0.2, 0.25) is 0 Å². The zero-order chi connectivity index (χ0) is 11.4. The molecule has 4 nitrogen and oxygen atoms in total. The van der Waals surface area contributed by atoms with E-state index in [0.717, 1.165) is 5.56 Å². The Bertz CT molecular complexity index is 325. The molecule has 1 heterocycles. The third kappa shape index (κ3) is 2.76. The third-order valence-corrected chi connectivity index (χ3v) is 2.48. The van der Waals surface area contributed by atoms with Gasteiger partial charge in [0.05, 0.1) is 0 Å². The summed E-state index contributed by atoms with van der Waals surface area (Å²) in [5.41, 5.74) is 6.60. The number of hydrogen-bond donors (Lipinski definition) is 2. The Hall–Kier alpha value is -1.42. The first-order chi connectivity index (χ1) is 7.04. The molecule has 15 heavy (non-hydrogen) atoms. The van der Waals surface area contributed by atoms with E-state index in [4.69, 9.17) is 10.8 Å². The standard InChI is InChI=1S/C11H16N2O2/c1-7(2)9(10(12)11(14)15)8-3-5-13-6-4-8/h3-7,9-10H,12H2,1-2H3,(H,14,15). The maximum atomic E-state index is 10.9. The van der Waals surface area contributed by atoms with Gasteiger partial charge in [0.1, 0.15) is 6.04 Å². The smallest absolute Gasteiger partial charge is 0.321 e. The molecule has 0 aliphatic carbocycles. The van der Waals surface area contributed by atoms with Crippen LogP contribution in [0.1, 0.15) is 25.3 Å². The minimum atomic E-state index is -0.967. The van der Waals surface area contributed by atoms with Crippen molar-refractivity contribution in [3.05, 3.63) is 30.1 Å². The van der Waals surface area contributed by atoms with Crippen LogP contribution in [-0.2, 0) is 4.79 Å². The lowest BCUT2D eigenvalue weighted by molar-refractivity contribution is -0.139. The summed E-state index contributed by atoms with van der Waals surface area (Å²) in [4.78, 5) is 14.8. The number of aliphatic carboxylic acids is 1. The Labute approximate surface area is 89.1 Å². The molecule has 0 amide bonds. The molecule has 2 atom stereocenters.